The van der Waals surface area contributed by atoms with Gasteiger partial charge in [0.15, 0.2) is 6.23 Å². The molecular formula is C47H85NO7. The molecule has 0 aliphatic heterocycles. The van der Waals surface area contributed by atoms with Gasteiger partial charge in [0.1, 0.15) is 19.8 Å². The van der Waals surface area contributed by atoms with Gasteiger partial charge in [-0.1, -0.05) is 156 Å². The molecule has 0 aromatic rings. The van der Waals surface area contributed by atoms with Crippen molar-refractivity contribution in [2.75, 3.05) is 32.9 Å². The first kappa shape index (κ1) is 52.4. The lowest BCUT2D eigenvalue weighted by atomic mass is 9.93. The van der Waals surface area contributed by atoms with Gasteiger partial charge in [-0.3, -0.25) is 9.69 Å². The number of allylic oxidation sites excluding steroid dienone is 5. The van der Waals surface area contributed by atoms with Gasteiger partial charge in [0.25, 0.3) is 0 Å². The summed E-state index contributed by atoms with van der Waals surface area (Å²) in [7, 11) is 0. The highest BCUT2D eigenvalue weighted by Gasteiger charge is 2.33. The molecule has 0 heterocycles. The molecule has 0 aliphatic carbocycles. The van der Waals surface area contributed by atoms with Crippen molar-refractivity contribution in [3.05, 3.63) is 36.0 Å². The van der Waals surface area contributed by atoms with E-state index >= 15 is 0 Å². The topological polar surface area (TPSA) is 91.4 Å². The fraction of sp³-hybridized carbons (Fsp3) is 0.809. The van der Waals surface area contributed by atoms with Crippen molar-refractivity contribution in [1.29, 1.82) is 0 Å². The lowest BCUT2D eigenvalue weighted by molar-refractivity contribution is -0.148. The van der Waals surface area contributed by atoms with Crippen LogP contribution in [-0.4, -0.2) is 62.1 Å². The van der Waals surface area contributed by atoms with Crippen molar-refractivity contribution in [2.24, 2.45) is 11.3 Å². The van der Waals surface area contributed by atoms with E-state index in [4.69, 9.17) is 18.9 Å². The van der Waals surface area contributed by atoms with Crippen molar-refractivity contribution < 1.29 is 33.3 Å². The normalized spacial score (nSPS) is 13.4. The minimum Gasteiger partial charge on any atom is -0.465 e. The number of hydrogen-bond donors (Lipinski definition) is 0. The molecule has 0 N–H and O–H groups in total. The van der Waals surface area contributed by atoms with E-state index in [2.05, 4.69) is 50.0 Å². The lowest BCUT2D eigenvalue weighted by Gasteiger charge is -2.37. The molecule has 0 bridgehead atoms. The van der Waals surface area contributed by atoms with Gasteiger partial charge in [0.05, 0.1) is 5.92 Å². The van der Waals surface area contributed by atoms with Gasteiger partial charge in [0, 0.05) is 17.9 Å². The average Bonchev–Trinajstić information content (AvgIpc) is 3.15. The largest absolute Gasteiger partial charge is 0.509 e. The molecular weight excluding hydrogens is 691 g/mol. The van der Waals surface area contributed by atoms with Crippen molar-refractivity contribution in [2.45, 2.75) is 203 Å². The molecule has 0 radical (unpaired) electrons. The summed E-state index contributed by atoms with van der Waals surface area (Å²) in [6.07, 6.45) is 33.2. The molecule has 2 atom stereocenters. The van der Waals surface area contributed by atoms with Crippen molar-refractivity contribution >= 4 is 18.1 Å². The molecule has 2 unspecified atom stereocenters. The van der Waals surface area contributed by atoms with Crippen LogP contribution in [0.3, 0.4) is 0 Å². The van der Waals surface area contributed by atoms with Crippen LogP contribution >= 0.6 is 0 Å². The van der Waals surface area contributed by atoms with Gasteiger partial charge in [-0.2, -0.15) is 0 Å². The Morgan fingerprint density at radius 3 is 1.65 bits per heavy atom. The highest BCUT2D eigenvalue weighted by molar-refractivity contribution is 5.82. The predicted octanol–water partition coefficient (Wildman–Crippen LogP) is 13.2. The van der Waals surface area contributed by atoms with Crippen LogP contribution in [0.25, 0.3) is 0 Å². The quantitative estimate of drug-likeness (QED) is 0.0157. The van der Waals surface area contributed by atoms with Crippen LogP contribution in [0.1, 0.15) is 197 Å². The minimum absolute atomic E-state index is 0.0113. The Bertz CT molecular complexity index is 1040. The molecule has 55 heavy (non-hydrogen) atoms. The third kappa shape index (κ3) is 31.2. The zero-order valence-electron chi connectivity index (χ0n) is 36.9. The van der Waals surface area contributed by atoms with Crippen LogP contribution in [0.15, 0.2) is 36.0 Å². The molecule has 0 aromatic heterocycles. The summed E-state index contributed by atoms with van der Waals surface area (Å²) in [6.45, 7) is 18.0. The summed E-state index contributed by atoms with van der Waals surface area (Å²) < 4.78 is 22.7. The standard InChI is InChI=1S/C47H85NO7/c1-9-14-17-19-21-22-23-24-25-26-27-28-29-31-33-36-43(49)52-38-42(40-54-46(51)55-45(47(6,7)8)48(12-4)13-5)39-53-44(50)37-41(34-16-11-3)35-32-30-20-18-15-10-2/h21-22,24-25,37,42,45H,9-20,23,26-36,38-40H2,1-8H3/b22-21-,25-24-,41-37+. The zero-order chi connectivity index (χ0) is 41.0. The van der Waals surface area contributed by atoms with Crippen molar-refractivity contribution in [3.63, 3.8) is 0 Å². The van der Waals surface area contributed by atoms with E-state index in [0.717, 1.165) is 95.7 Å². The van der Waals surface area contributed by atoms with E-state index in [1.807, 2.05) is 34.6 Å². The minimum atomic E-state index is -0.791. The summed E-state index contributed by atoms with van der Waals surface area (Å²) in [6, 6.07) is 0. The molecule has 0 saturated heterocycles. The van der Waals surface area contributed by atoms with E-state index in [1.165, 1.54) is 57.8 Å². The lowest BCUT2D eigenvalue weighted by Crippen LogP contribution is -2.47. The SMILES string of the molecule is CCCCC/C=C\C/C=C\CCCCCCCC(=O)OCC(COC(=O)/C=C(\CCCC)CCCCCCCC)COC(=O)OC(N(CC)CC)C(C)(C)C. The predicted molar refractivity (Wildman–Crippen MR) is 229 cm³/mol. The van der Waals surface area contributed by atoms with Crippen LogP contribution in [0.2, 0.25) is 0 Å². The second-order valence-corrected chi connectivity index (χ2v) is 16.2. The van der Waals surface area contributed by atoms with Crippen LogP contribution < -0.4 is 0 Å². The smallest absolute Gasteiger partial charge is 0.465 e. The first-order valence-corrected chi connectivity index (χ1v) is 22.4. The first-order valence-electron chi connectivity index (χ1n) is 22.4. The number of carbonyl (C=O) groups is 3. The first-order chi connectivity index (χ1) is 26.5. The Morgan fingerprint density at radius 1 is 0.564 bits per heavy atom. The molecule has 0 amide bonds. The number of ether oxygens (including phenoxy) is 4. The summed E-state index contributed by atoms with van der Waals surface area (Å²) in [5.74, 6) is -1.22. The second-order valence-electron chi connectivity index (χ2n) is 16.2. The maximum Gasteiger partial charge on any atom is 0.509 e. The Morgan fingerprint density at radius 2 is 1.05 bits per heavy atom. The third-order valence-electron chi connectivity index (χ3n) is 9.83. The van der Waals surface area contributed by atoms with E-state index < -0.39 is 24.3 Å². The highest BCUT2D eigenvalue weighted by atomic mass is 16.7. The van der Waals surface area contributed by atoms with Gasteiger partial charge in [-0.15, -0.1) is 0 Å². The molecule has 0 rings (SSSR count). The van der Waals surface area contributed by atoms with Crippen LogP contribution in [-0.2, 0) is 28.5 Å². The van der Waals surface area contributed by atoms with Gasteiger partial charge < -0.3 is 18.9 Å². The Kier molecular flexibility index (Phi) is 34.1. The van der Waals surface area contributed by atoms with Gasteiger partial charge in [-0.25, -0.2) is 9.59 Å². The number of hydrogen-bond acceptors (Lipinski definition) is 8. The van der Waals surface area contributed by atoms with Crippen molar-refractivity contribution in [3.8, 4) is 0 Å². The van der Waals surface area contributed by atoms with E-state index in [1.54, 1.807) is 6.08 Å². The molecule has 8 nitrogen and oxygen atoms in total. The summed E-state index contributed by atoms with van der Waals surface area (Å²) in [5.41, 5.74) is 0.793. The van der Waals surface area contributed by atoms with E-state index in [-0.39, 0.29) is 31.2 Å². The van der Waals surface area contributed by atoms with Crippen LogP contribution in [0, 0.1) is 11.3 Å². The van der Waals surface area contributed by atoms with Gasteiger partial charge in [0.2, 0.25) is 0 Å². The average molecular weight is 776 g/mol. The van der Waals surface area contributed by atoms with E-state index in [0.29, 0.717) is 6.42 Å². The number of unbranched alkanes of at least 4 members (excludes halogenated alkanes) is 14. The zero-order valence-corrected chi connectivity index (χ0v) is 36.9. The van der Waals surface area contributed by atoms with E-state index in [9.17, 15) is 14.4 Å². The molecule has 8 heteroatoms. The van der Waals surface area contributed by atoms with Gasteiger partial charge >= 0.3 is 18.1 Å². The fourth-order valence-electron chi connectivity index (χ4n) is 6.39. The van der Waals surface area contributed by atoms with Crippen LogP contribution in [0.5, 0.6) is 0 Å². The Labute approximate surface area is 338 Å². The second kappa shape index (κ2) is 35.8. The number of rotatable bonds is 35. The molecule has 320 valence electrons. The monoisotopic (exact) mass is 776 g/mol. The maximum atomic E-state index is 13.0. The summed E-state index contributed by atoms with van der Waals surface area (Å²) >= 11 is 0. The van der Waals surface area contributed by atoms with Crippen molar-refractivity contribution in [1.82, 2.24) is 4.90 Å². The molecule has 0 aliphatic rings. The maximum absolute atomic E-state index is 13.0. The number of carbonyl (C=O) groups excluding carboxylic acids is 3. The molecule has 0 saturated carbocycles. The number of esters is 2. The summed E-state index contributed by atoms with van der Waals surface area (Å²) in [4.78, 5) is 40.7. The van der Waals surface area contributed by atoms with Gasteiger partial charge in [-0.05, 0) is 77.3 Å². The Balaban J connectivity index is 5.05. The fourth-order valence-corrected chi connectivity index (χ4v) is 6.39. The molecule has 0 spiro atoms. The summed E-state index contributed by atoms with van der Waals surface area (Å²) in [5, 5.41) is 0. The molecule has 0 fully saturated rings. The van der Waals surface area contributed by atoms with Crippen LogP contribution in [0.4, 0.5) is 4.79 Å². The Hall–Kier alpha value is -2.61. The molecule has 0 aromatic carbocycles. The number of nitrogens with zero attached hydrogens (tertiary/aromatic N) is 1. The third-order valence-corrected chi connectivity index (χ3v) is 9.83. The highest BCUT2D eigenvalue weighted by Crippen LogP contribution is 2.26.